The Morgan fingerprint density at radius 2 is 1.74 bits per heavy atom. The molecule has 0 aromatic heterocycles. The standard InChI is InChI=1S/C26H42BNO6/c1-24(2,3)32-23(29)28-15-9-10-20(18-28)22(31-17-16-30-8)19-11-13-21(14-12-19)27-33-25(4,5)26(6,7)34-27/h11-14,20,22H,9-10,15-18H2,1-8H3. The summed E-state index contributed by atoms with van der Waals surface area (Å²) in [7, 11) is 1.27. The van der Waals surface area contributed by atoms with Crippen molar-refractivity contribution in [3.05, 3.63) is 29.8 Å². The first-order chi connectivity index (χ1) is 15.8. The predicted octanol–water partition coefficient (Wildman–Crippen LogP) is 4.34. The second-order valence-corrected chi connectivity index (χ2v) is 11.4. The number of ether oxygens (including phenoxy) is 3. The van der Waals surface area contributed by atoms with Gasteiger partial charge in [-0.1, -0.05) is 24.3 Å². The summed E-state index contributed by atoms with van der Waals surface area (Å²) >= 11 is 0. The molecule has 190 valence electrons. The molecule has 1 amide bonds. The van der Waals surface area contributed by atoms with E-state index in [4.69, 9.17) is 23.5 Å². The highest BCUT2D eigenvalue weighted by Gasteiger charge is 2.51. The fourth-order valence-corrected chi connectivity index (χ4v) is 4.33. The molecular weight excluding hydrogens is 433 g/mol. The lowest BCUT2D eigenvalue weighted by Crippen LogP contribution is -2.44. The molecule has 8 heteroatoms. The molecule has 2 fully saturated rings. The third-order valence-corrected chi connectivity index (χ3v) is 6.91. The van der Waals surface area contributed by atoms with Crippen molar-refractivity contribution in [2.45, 2.75) is 84.2 Å². The summed E-state index contributed by atoms with van der Waals surface area (Å²) in [6.07, 6.45) is 1.49. The van der Waals surface area contributed by atoms with Crippen LogP contribution in [-0.2, 0) is 23.5 Å². The van der Waals surface area contributed by atoms with E-state index < -0.39 is 12.7 Å². The Kier molecular flexibility index (Phi) is 8.39. The molecule has 1 aromatic carbocycles. The molecule has 0 spiro atoms. The summed E-state index contributed by atoms with van der Waals surface area (Å²) in [6, 6.07) is 8.28. The van der Waals surface area contributed by atoms with Crippen molar-refractivity contribution in [2.75, 3.05) is 33.4 Å². The number of rotatable bonds is 7. The fourth-order valence-electron chi connectivity index (χ4n) is 4.33. The van der Waals surface area contributed by atoms with Crippen LogP contribution in [0.3, 0.4) is 0 Å². The molecule has 0 saturated carbocycles. The first-order valence-corrected chi connectivity index (χ1v) is 12.4. The van der Waals surface area contributed by atoms with E-state index in [9.17, 15) is 4.79 Å². The van der Waals surface area contributed by atoms with Gasteiger partial charge in [-0.3, -0.25) is 0 Å². The molecule has 2 aliphatic heterocycles. The quantitative estimate of drug-likeness (QED) is 0.432. The van der Waals surface area contributed by atoms with E-state index in [2.05, 4.69) is 52.0 Å². The molecule has 1 aromatic rings. The van der Waals surface area contributed by atoms with Crippen molar-refractivity contribution >= 4 is 18.7 Å². The number of carbonyl (C=O) groups excluding carboxylic acids is 1. The van der Waals surface area contributed by atoms with Crippen molar-refractivity contribution in [1.29, 1.82) is 0 Å². The van der Waals surface area contributed by atoms with Crippen molar-refractivity contribution in [3.63, 3.8) is 0 Å². The Balaban J connectivity index is 1.75. The number of benzene rings is 1. The Labute approximate surface area is 205 Å². The average molecular weight is 475 g/mol. The summed E-state index contributed by atoms with van der Waals surface area (Å²) in [5.41, 5.74) is 0.788. The number of amides is 1. The second-order valence-electron chi connectivity index (χ2n) is 11.4. The van der Waals surface area contributed by atoms with Gasteiger partial charge in [0, 0.05) is 26.1 Å². The smallest absolute Gasteiger partial charge is 0.444 e. The molecular formula is C26H42BNO6. The number of hydrogen-bond acceptors (Lipinski definition) is 6. The van der Waals surface area contributed by atoms with E-state index >= 15 is 0 Å². The zero-order chi connectivity index (χ0) is 25.1. The maximum atomic E-state index is 12.7. The molecule has 34 heavy (non-hydrogen) atoms. The number of carbonyl (C=O) groups is 1. The Morgan fingerprint density at radius 3 is 2.29 bits per heavy atom. The molecule has 0 aliphatic carbocycles. The van der Waals surface area contributed by atoms with Gasteiger partial charge < -0.3 is 28.4 Å². The maximum Gasteiger partial charge on any atom is 0.494 e. The largest absolute Gasteiger partial charge is 0.494 e. The van der Waals surface area contributed by atoms with Crippen LogP contribution in [-0.4, -0.2) is 68.3 Å². The first-order valence-electron chi connectivity index (χ1n) is 12.4. The maximum absolute atomic E-state index is 12.7. The van der Waals surface area contributed by atoms with Gasteiger partial charge in [0.2, 0.25) is 0 Å². The van der Waals surface area contributed by atoms with E-state index in [0.717, 1.165) is 23.9 Å². The summed E-state index contributed by atoms with van der Waals surface area (Å²) < 4.78 is 29.5. The molecule has 0 radical (unpaired) electrons. The predicted molar refractivity (Wildman–Crippen MR) is 133 cm³/mol. The summed E-state index contributed by atoms with van der Waals surface area (Å²) in [5.74, 6) is 0.167. The number of hydrogen-bond donors (Lipinski definition) is 0. The molecule has 3 rings (SSSR count). The van der Waals surface area contributed by atoms with Gasteiger partial charge in [-0.25, -0.2) is 4.79 Å². The second kappa shape index (κ2) is 10.6. The molecule has 2 atom stereocenters. The van der Waals surface area contributed by atoms with Gasteiger partial charge in [0.15, 0.2) is 0 Å². The zero-order valence-electron chi connectivity index (χ0n) is 22.2. The Bertz CT molecular complexity index is 804. The molecule has 0 N–H and O–H groups in total. The van der Waals surface area contributed by atoms with Crippen molar-refractivity contribution in [3.8, 4) is 0 Å². The zero-order valence-corrected chi connectivity index (χ0v) is 22.2. The summed E-state index contributed by atoms with van der Waals surface area (Å²) in [5, 5.41) is 0. The molecule has 2 aliphatic rings. The van der Waals surface area contributed by atoms with E-state index in [-0.39, 0.29) is 29.3 Å². The third-order valence-electron chi connectivity index (χ3n) is 6.91. The van der Waals surface area contributed by atoms with Gasteiger partial charge in [0.05, 0.1) is 30.5 Å². The van der Waals surface area contributed by atoms with Crippen molar-refractivity contribution in [2.24, 2.45) is 5.92 Å². The van der Waals surface area contributed by atoms with Crippen LogP contribution in [0.2, 0.25) is 0 Å². The lowest BCUT2D eigenvalue weighted by molar-refractivity contribution is -0.0390. The van der Waals surface area contributed by atoms with E-state index in [1.54, 1.807) is 7.11 Å². The van der Waals surface area contributed by atoms with Gasteiger partial charge >= 0.3 is 13.2 Å². The lowest BCUT2D eigenvalue weighted by Gasteiger charge is -2.37. The Hall–Kier alpha value is -1.61. The fraction of sp³-hybridized carbons (Fsp3) is 0.731. The number of nitrogens with zero attached hydrogens (tertiary/aromatic N) is 1. The van der Waals surface area contributed by atoms with Crippen LogP contribution in [0.15, 0.2) is 24.3 Å². The minimum Gasteiger partial charge on any atom is -0.444 e. The Morgan fingerprint density at radius 1 is 1.12 bits per heavy atom. The van der Waals surface area contributed by atoms with Crippen LogP contribution >= 0.6 is 0 Å². The normalized spacial score (nSPS) is 23.1. The lowest BCUT2D eigenvalue weighted by atomic mass is 9.78. The van der Waals surface area contributed by atoms with E-state index in [1.165, 1.54) is 0 Å². The third kappa shape index (κ3) is 6.53. The monoisotopic (exact) mass is 475 g/mol. The van der Waals surface area contributed by atoms with Crippen LogP contribution in [0.25, 0.3) is 0 Å². The van der Waals surface area contributed by atoms with Crippen LogP contribution in [0.5, 0.6) is 0 Å². The number of piperidine rings is 1. The molecule has 2 unspecified atom stereocenters. The highest BCUT2D eigenvalue weighted by atomic mass is 16.7. The SMILES string of the molecule is COCCOC(c1ccc(B2OC(C)(C)C(C)(C)O2)cc1)C1CCCN(C(=O)OC(C)(C)C)C1. The van der Waals surface area contributed by atoms with Crippen LogP contribution in [0.1, 0.15) is 73.0 Å². The summed E-state index contributed by atoms with van der Waals surface area (Å²) in [4.78, 5) is 14.5. The van der Waals surface area contributed by atoms with Crippen LogP contribution in [0, 0.1) is 5.92 Å². The van der Waals surface area contributed by atoms with Gasteiger partial charge in [0.1, 0.15) is 5.60 Å². The molecule has 2 saturated heterocycles. The van der Waals surface area contributed by atoms with Gasteiger partial charge in [-0.05, 0) is 72.3 Å². The number of likely N-dealkylation sites (tertiary alicyclic amines) is 1. The van der Waals surface area contributed by atoms with Crippen molar-refractivity contribution in [1.82, 2.24) is 4.90 Å². The van der Waals surface area contributed by atoms with Crippen molar-refractivity contribution < 1.29 is 28.3 Å². The van der Waals surface area contributed by atoms with Gasteiger partial charge in [-0.15, -0.1) is 0 Å². The molecule has 0 bridgehead atoms. The minimum atomic E-state index is -0.512. The average Bonchev–Trinajstić information content (AvgIpc) is 2.97. The highest BCUT2D eigenvalue weighted by Crippen LogP contribution is 2.37. The first kappa shape index (κ1) is 27.0. The van der Waals surface area contributed by atoms with E-state index in [0.29, 0.717) is 26.3 Å². The summed E-state index contributed by atoms with van der Waals surface area (Å²) in [6.45, 7) is 16.2. The topological polar surface area (TPSA) is 66.5 Å². The minimum absolute atomic E-state index is 0.146. The van der Waals surface area contributed by atoms with Crippen LogP contribution in [0.4, 0.5) is 4.79 Å². The van der Waals surface area contributed by atoms with Gasteiger partial charge in [0.25, 0.3) is 0 Å². The van der Waals surface area contributed by atoms with Gasteiger partial charge in [-0.2, -0.15) is 0 Å². The highest BCUT2D eigenvalue weighted by molar-refractivity contribution is 6.62. The van der Waals surface area contributed by atoms with Crippen LogP contribution < -0.4 is 5.46 Å². The molecule has 7 nitrogen and oxygen atoms in total. The number of methoxy groups -OCH3 is 1. The molecule has 2 heterocycles. The van der Waals surface area contributed by atoms with E-state index in [1.807, 2.05) is 25.7 Å².